The molecule has 1 rings (SSSR count). The minimum Gasteiger partial charge on any atom is -0.385 e. The summed E-state index contributed by atoms with van der Waals surface area (Å²) >= 11 is 3.65. The highest BCUT2D eigenvalue weighted by Crippen LogP contribution is 2.38. The lowest BCUT2D eigenvalue weighted by atomic mass is 9.76. The van der Waals surface area contributed by atoms with Crippen LogP contribution in [0.2, 0.25) is 0 Å². The average molecular weight is 279 g/mol. The van der Waals surface area contributed by atoms with E-state index in [1.807, 2.05) is 0 Å². The molecule has 0 radical (unpaired) electrons. The first-order chi connectivity index (χ1) is 7.33. The van der Waals surface area contributed by atoms with Crippen molar-refractivity contribution in [3.8, 4) is 0 Å². The standard InChI is InChI=1S/C12H23BrO2/c1-14-8-5-9-15-11-12(10-13)6-3-2-4-7-12/h2-11H2,1H3. The van der Waals surface area contributed by atoms with Crippen molar-refractivity contribution in [1.29, 1.82) is 0 Å². The van der Waals surface area contributed by atoms with E-state index in [0.717, 1.165) is 31.6 Å². The first kappa shape index (κ1) is 13.5. The molecule has 0 saturated heterocycles. The van der Waals surface area contributed by atoms with Gasteiger partial charge in [-0.1, -0.05) is 35.2 Å². The maximum atomic E-state index is 5.76. The summed E-state index contributed by atoms with van der Waals surface area (Å²) in [6.45, 7) is 2.56. The molecule has 1 saturated carbocycles. The number of hydrogen-bond acceptors (Lipinski definition) is 2. The lowest BCUT2D eigenvalue weighted by molar-refractivity contribution is 0.0261. The normalized spacial score (nSPS) is 20.4. The highest BCUT2D eigenvalue weighted by Gasteiger charge is 2.30. The molecule has 0 N–H and O–H groups in total. The monoisotopic (exact) mass is 278 g/mol. The molecule has 0 aromatic heterocycles. The van der Waals surface area contributed by atoms with Gasteiger partial charge in [-0.05, 0) is 19.3 Å². The molecule has 0 unspecified atom stereocenters. The van der Waals surface area contributed by atoms with E-state index in [1.54, 1.807) is 7.11 Å². The molecule has 0 atom stereocenters. The number of hydrogen-bond donors (Lipinski definition) is 0. The quantitative estimate of drug-likeness (QED) is 0.525. The number of alkyl halides is 1. The van der Waals surface area contributed by atoms with Crippen LogP contribution < -0.4 is 0 Å². The fourth-order valence-corrected chi connectivity index (χ4v) is 2.93. The van der Waals surface area contributed by atoms with Gasteiger partial charge in [-0.25, -0.2) is 0 Å². The van der Waals surface area contributed by atoms with Crippen LogP contribution in [0.25, 0.3) is 0 Å². The molecule has 90 valence electrons. The van der Waals surface area contributed by atoms with Gasteiger partial charge in [0.1, 0.15) is 0 Å². The van der Waals surface area contributed by atoms with E-state index in [0.29, 0.717) is 5.41 Å². The van der Waals surface area contributed by atoms with E-state index < -0.39 is 0 Å². The number of ether oxygens (including phenoxy) is 2. The average Bonchev–Trinajstić information content (AvgIpc) is 2.30. The highest BCUT2D eigenvalue weighted by molar-refractivity contribution is 9.09. The van der Waals surface area contributed by atoms with Crippen LogP contribution in [0.1, 0.15) is 38.5 Å². The second-order valence-electron chi connectivity index (χ2n) is 4.59. The minimum atomic E-state index is 0.422. The summed E-state index contributed by atoms with van der Waals surface area (Å²) in [7, 11) is 1.74. The van der Waals surface area contributed by atoms with Gasteiger partial charge in [-0.2, -0.15) is 0 Å². The van der Waals surface area contributed by atoms with Crippen molar-refractivity contribution in [2.75, 3.05) is 32.3 Å². The van der Waals surface area contributed by atoms with E-state index in [-0.39, 0.29) is 0 Å². The number of halogens is 1. The summed E-state index contributed by atoms with van der Waals surface area (Å²) in [5.74, 6) is 0. The van der Waals surface area contributed by atoms with Crippen LogP contribution in [0.3, 0.4) is 0 Å². The number of rotatable bonds is 7. The third kappa shape index (κ3) is 4.83. The van der Waals surface area contributed by atoms with E-state index in [2.05, 4.69) is 15.9 Å². The first-order valence-corrected chi connectivity index (χ1v) is 7.08. The molecule has 0 aromatic carbocycles. The Bertz CT molecular complexity index is 156. The topological polar surface area (TPSA) is 18.5 Å². The molecule has 1 fully saturated rings. The zero-order valence-corrected chi connectivity index (χ0v) is 11.4. The fraction of sp³-hybridized carbons (Fsp3) is 1.00. The summed E-state index contributed by atoms with van der Waals surface area (Å²) in [5, 5.41) is 1.09. The Balaban J connectivity index is 2.15. The summed E-state index contributed by atoms with van der Waals surface area (Å²) < 4.78 is 10.8. The van der Waals surface area contributed by atoms with Crippen molar-refractivity contribution >= 4 is 15.9 Å². The predicted molar refractivity (Wildman–Crippen MR) is 66.6 cm³/mol. The van der Waals surface area contributed by atoms with Gasteiger partial charge in [0.05, 0.1) is 6.61 Å². The van der Waals surface area contributed by atoms with Crippen LogP contribution in [-0.2, 0) is 9.47 Å². The third-order valence-electron chi connectivity index (χ3n) is 3.24. The second kappa shape index (κ2) is 7.64. The Morgan fingerprint density at radius 3 is 2.47 bits per heavy atom. The Morgan fingerprint density at radius 1 is 1.13 bits per heavy atom. The van der Waals surface area contributed by atoms with Crippen molar-refractivity contribution in [3.63, 3.8) is 0 Å². The first-order valence-electron chi connectivity index (χ1n) is 5.96. The Morgan fingerprint density at radius 2 is 1.87 bits per heavy atom. The zero-order valence-electron chi connectivity index (χ0n) is 9.77. The van der Waals surface area contributed by atoms with Gasteiger partial charge in [-0.15, -0.1) is 0 Å². The van der Waals surface area contributed by atoms with Crippen LogP contribution in [0.5, 0.6) is 0 Å². The van der Waals surface area contributed by atoms with E-state index in [9.17, 15) is 0 Å². The van der Waals surface area contributed by atoms with Crippen LogP contribution in [0.4, 0.5) is 0 Å². The smallest absolute Gasteiger partial charge is 0.0530 e. The summed E-state index contributed by atoms with van der Waals surface area (Å²) in [6, 6.07) is 0. The van der Waals surface area contributed by atoms with Crippen molar-refractivity contribution in [3.05, 3.63) is 0 Å². The highest BCUT2D eigenvalue weighted by atomic mass is 79.9. The lowest BCUT2D eigenvalue weighted by Gasteiger charge is -2.35. The van der Waals surface area contributed by atoms with Gasteiger partial charge in [0.15, 0.2) is 0 Å². The Hall–Kier alpha value is 0.400. The van der Waals surface area contributed by atoms with Crippen molar-refractivity contribution < 1.29 is 9.47 Å². The molecule has 0 bridgehead atoms. The molecular weight excluding hydrogens is 256 g/mol. The molecule has 0 aromatic rings. The van der Waals surface area contributed by atoms with Crippen LogP contribution in [0.15, 0.2) is 0 Å². The third-order valence-corrected chi connectivity index (χ3v) is 4.43. The lowest BCUT2D eigenvalue weighted by Crippen LogP contribution is -2.31. The Labute approximate surface area is 102 Å². The molecule has 0 amide bonds. The summed E-state index contributed by atoms with van der Waals surface area (Å²) in [5.41, 5.74) is 0.422. The largest absolute Gasteiger partial charge is 0.385 e. The van der Waals surface area contributed by atoms with Gasteiger partial charge >= 0.3 is 0 Å². The molecule has 15 heavy (non-hydrogen) atoms. The van der Waals surface area contributed by atoms with E-state index in [4.69, 9.17) is 9.47 Å². The van der Waals surface area contributed by atoms with Gasteiger partial charge in [0, 0.05) is 31.1 Å². The maximum absolute atomic E-state index is 5.76. The molecule has 1 aliphatic rings. The molecule has 2 nitrogen and oxygen atoms in total. The van der Waals surface area contributed by atoms with Crippen LogP contribution in [-0.4, -0.2) is 32.3 Å². The Kier molecular flexibility index (Phi) is 6.86. The van der Waals surface area contributed by atoms with Gasteiger partial charge < -0.3 is 9.47 Å². The van der Waals surface area contributed by atoms with Gasteiger partial charge in [0.2, 0.25) is 0 Å². The van der Waals surface area contributed by atoms with Crippen LogP contribution in [0, 0.1) is 5.41 Å². The molecule has 1 aliphatic carbocycles. The van der Waals surface area contributed by atoms with Crippen molar-refractivity contribution in [2.45, 2.75) is 38.5 Å². The molecular formula is C12H23BrO2. The van der Waals surface area contributed by atoms with Crippen LogP contribution >= 0.6 is 15.9 Å². The number of methoxy groups -OCH3 is 1. The predicted octanol–water partition coefficient (Wildman–Crippen LogP) is 3.38. The van der Waals surface area contributed by atoms with E-state index in [1.165, 1.54) is 32.1 Å². The SMILES string of the molecule is COCCCOCC1(CBr)CCCCC1. The summed E-state index contributed by atoms with van der Waals surface area (Å²) in [4.78, 5) is 0. The second-order valence-corrected chi connectivity index (χ2v) is 5.15. The minimum absolute atomic E-state index is 0.422. The van der Waals surface area contributed by atoms with Crippen molar-refractivity contribution in [2.24, 2.45) is 5.41 Å². The molecule has 0 heterocycles. The maximum Gasteiger partial charge on any atom is 0.0530 e. The molecule has 3 heteroatoms. The van der Waals surface area contributed by atoms with Gasteiger partial charge in [0.25, 0.3) is 0 Å². The fourth-order valence-electron chi connectivity index (χ4n) is 2.21. The van der Waals surface area contributed by atoms with Gasteiger partial charge in [-0.3, -0.25) is 0 Å². The molecule has 0 spiro atoms. The van der Waals surface area contributed by atoms with Crippen molar-refractivity contribution in [1.82, 2.24) is 0 Å². The van der Waals surface area contributed by atoms with E-state index >= 15 is 0 Å². The summed E-state index contributed by atoms with van der Waals surface area (Å²) in [6.07, 6.45) is 7.79. The zero-order chi connectivity index (χ0) is 11.0. The molecule has 0 aliphatic heterocycles.